The van der Waals surface area contributed by atoms with Gasteiger partial charge in [0.1, 0.15) is 6.61 Å². The highest BCUT2D eigenvalue weighted by atomic mass is 16.5. The third-order valence-electron chi connectivity index (χ3n) is 6.38. The minimum absolute atomic E-state index is 0.0459. The van der Waals surface area contributed by atoms with Gasteiger partial charge in [-0.2, -0.15) is 0 Å². The molecule has 0 aliphatic heterocycles. The highest BCUT2D eigenvalue weighted by molar-refractivity contribution is 5.98. The van der Waals surface area contributed by atoms with Crippen LogP contribution in [0.4, 0.5) is 10.5 Å². The Morgan fingerprint density at radius 2 is 1.54 bits per heavy atom. The van der Waals surface area contributed by atoms with Crippen LogP contribution < -0.4 is 10.2 Å². The molecule has 0 fully saturated rings. The second kappa shape index (κ2) is 9.62. The zero-order valence-electron chi connectivity index (χ0n) is 19.9. The van der Waals surface area contributed by atoms with Gasteiger partial charge in [0.25, 0.3) is 0 Å². The Hall–Kier alpha value is -4.13. The number of hydrogen-bond acceptors (Lipinski definition) is 4. The molecule has 0 saturated heterocycles. The number of hydrogen-bond donors (Lipinski definition) is 2. The van der Waals surface area contributed by atoms with Crippen LogP contribution in [0.1, 0.15) is 41.3 Å². The first-order chi connectivity index (χ1) is 16.7. The summed E-state index contributed by atoms with van der Waals surface area (Å²) in [5.74, 6) is -1.38. The molecule has 0 aromatic heterocycles. The first-order valence-electron chi connectivity index (χ1n) is 11.4. The van der Waals surface area contributed by atoms with E-state index in [1.165, 1.54) is 17.0 Å². The molecule has 7 nitrogen and oxygen atoms in total. The number of carbonyl (C=O) groups excluding carboxylic acids is 2. The minimum Gasteiger partial charge on any atom is -0.478 e. The van der Waals surface area contributed by atoms with E-state index in [1.54, 1.807) is 33.0 Å². The van der Waals surface area contributed by atoms with E-state index in [-0.39, 0.29) is 30.5 Å². The van der Waals surface area contributed by atoms with Gasteiger partial charge in [-0.25, -0.2) is 9.59 Å². The molecule has 1 aliphatic carbocycles. The fourth-order valence-corrected chi connectivity index (χ4v) is 4.44. The van der Waals surface area contributed by atoms with Crippen molar-refractivity contribution >= 4 is 23.7 Å². The highest BCUT2D eigenvalue weighted by Gasteiger charge is 2.33. The number of carboxylic acids is 1. The number of anilines is 1. The van der Waals surface area contributed by atoms with Crippen LogP contribution in [0.3, 0.4) is 0 Å². The van der Waals surface area contributed by atoms with Crippen LogP contribution in [0.5, 0.6) is 0 Å². The highest BCUT2D eigenvalue weighted by Crippen LogP contribution is 2.44. The maximum atomic E-state index is 13.1. The molecular formula is C28H28N2O5. The zero-order chi connectivity index (χ0) is 25.2. The molecule has 35 heavy (non-hydrogen) atoms. The van der Waals surface area contributed by atoms with Crippen molar-refractivity contribution in [1.82, 2.24) is 5.32 Å². The van der Waals surface area contributed by atoms with E-state index in [1.807, 2.05) is 24.3 Å². The molecule has 0 radical (unpaired) electrons. The number of benzene rings is 3. The quantitative estimate of drug-likeness (QED) is 0.509. The van der Waals surface area contributed by atoms with Gasteiger partial charge < -0.3 is 20.1 Å². The fourth-order valence-electron chi connectivity index (χ4n) is 4.44. The maximum Gasteiger partial charge on any atom is 0.407 e. The smallest absolute Gasteiger partial charge is 0.407 e. The number of alkyl carbamates (subject to hydrolysis) is 1. The molecule has 2 amide bonds. The Bertz CT molecular complexity index is 1240. The number of carboxylic acid groups (broad SMARTS) is 1. The topological polar surface area (TPSA) is 95.9 Å². The maximum absolute atomic E-state index is 13.1. The lowest BCUT2D eigenvalue weighted by Crippen LogP contribution is -2.46. The predicted molar refractivity (Wildman–Crippen MR) is 134 cm³/mol. The van der Waals surface area contributed by atoms with E-state index in [0.29, 0.717) is 5.69 Å². The van der Waals surface area contributed by atoms with Crippen molar-refractivity contribution in [1.29, 1.82) is 0 Å². The van der Waals surface area contributed by atoms with Crippen molar-refractivity contribution in [3.05, 3.63) is 89.5 Å². The first-order valence-corrected chi connectivity index (χ1v) is 11.4. The summed E-state index contributed by atoms with van der Waals surface area (Å²) in [4.78, 5) is 38.3. The second-order valence-electron chi connectivity index (χ2n) is 9.28. The number of nitrogens with zero attached hydrogens (tertiary/aromatic N) is 1. The van der Waals surface area contributed by atoms with Gasteiger partial charge in [0.15, 0.2) is 0 Å². The first kappa shape index (κ1) is 24.0. The van der Waals surface area contributed by atoms with Gasteiger partial charge in [-0.05, 0) is 54.3 Å². The normalized spacial score (nSPS) is 12.4. The molecule has 4 rings (SSSR count). The van der Waals surface area contributed by atoms with Gasteiger partial charge in [-0.3, -0.25) is 4.79 Å². The van der Waals surface area contributed by atoms with Crippen LogP contribution in [0.25, 0.3) is 11.1 Å². The van der Waals surface area contributed by atoms with E-state index < -0.39 is 17.5 Å². The lowest BCUT2D eigenvalue weighted by atomic mass is 9.91. The summed E-state index contributed by atoms with van der Waals surface area (Å²) in [7, 11) is 1.58. The lowest BCUT2D eigenvalue weighted by molar-refractivity contribution is -0.126. The molecule has 3 aromatic rings. The molecule has 0 bridgehead atoms. The number of nitrogens with one attached hydrogen (secondary N) is 1. The number of ether oxygens (including phenoxy) is 1. The van der Waals surface area contributed by atoms with Gasteiger partial charge in [0, 0.05) is 25.2 Å². The van der Waals surface area contributed by atoms with Crippen molar-refractivity contribution in [3.63, 3.8) is 0 Å². The van der Waals surface area contributed by atoms with Gasteiger partial charge in [0.05, 0.1) is 11.0 Å². The monoisotopic (exact) mass is 472 g/mol. The van der Waals surface area contributed by atoms with Gasteiger partial charge in [0.2, 0.25) is 5.91 Å². The molecule has 3 aromatic carbocycles. The van der Waals surface area contributed by atoms with Crippen LogP contribution in [-0.4, -0.2) is 43.3 Å². The number of rotatable bonds is 7. The molecule has 0 atom stereocenters. The van der Waals surface area contributed by atoms with Crippen LogP contribution in [-0.2, 0) is 9.53 Å². The summed E-state index contributed by atoms with van der Waals surface area (Å²) in [6.07, 6.45) is -0.594. The molecule has 1 aliphatic rings. The Labute approximate surface area is 204 Å². The van der Waals surface area contributed by atoms with Crippen molar-refractivity contribution in [3.8, 4) is 11.1 Å². The second-order valence-corrected chi connectivity index (χ2v) is 9.28. The minimum atomic E-state index is -1.07. The van der Waals surface area contributed by atoms with Crippen molar-refractivity contribution in [2.45, 2.75) is 19.8 Å². The Morgan fingerprint density at radius 3 is 2.14 bits per heavy atom. The number of carbonyl (C=O) groups is 3. The van der Waals surface area contributed by atoms with Gasteiger partial charge in [-0.1, -0.05) is 54.6 Å². The molecule has 0 spiro atoms. The van der Waals surface area contributed by atoms with Crippen LogP contribution >= 0.6 is 0 Å². The number of fused-ring (bicyclic) bond motifs is 3. The molecule has 7 heteroatoms. The molecule has 2 N–H and O–H groups in total. The SMILES string of the molecule is CN(C(=O)C(C)(C)CNC(=O)OCC1c2ccccc2-c2ccccc21)c1cccc(C(=O)O)c1. The predicted octanol–water partition coefficient (Wildman–Crippen LogP) is 4.91. The molecule has 0 saturated carbocycles. The fraction of sp³-hybridized carbons (Fsp3) is 0.250. The standard InChI is InChI=1S/C28H28N2O5/c1-28(2,26(33)30(3)19-10-8-9-18(15-19)25(31)32)17-29-27(34)35-16-24-22-13-6-4-11-20(22)21-12-5-7-14-23(21)24/h4-15,24H,16-17H2,1-3H3,(H,29,34)(H,31,32). The average molecular weight is 473 g/mol. The molecule has 0 unspecified atom stereocenters. The zero-order valence-corrected chi connectivity index (χ0v) is 19.9. The van der Waals surface area contributed by atoms with E-state index >= 15 is 0 Å². The van der Waals surface area contributed by atoms with Crippen molar-refractivity contribution in [2.75, 3.05) is 25.1 Å². The lowest BCUT2D eigenvalue weighted by Gasteiger charge is -2.29. The molecule has 0 heterocycles. The van der Waals surface area contributed by atoms with E-state index in [4.69, 9.17) is 4.74 Å². The third kappa shape index (κ3) is 4.89. The Kier molecular flexibility index (Phi) is 6.60. The summed E-state index contributed by atoms with van der Waals surface area (Å²) in [6, 6.07) is 22.4. The van der Waals surface area contributed by atoms with Gasteiger partial charge >= 0.3 is 12.1 Å². The largest absolute Gasteiger partial charge is 0.478 e. The van der Waals surface area contributed by atoms with Crippen molar-refractivity contribution in [2.24, 2.45) is 5.41 Å². The Morgan fingerprint density at radius 1 is 0.943 bits per heavy atom. The summed E-state index contributed by atoms with van der Waals surface area (Å²) in [6.45, 7) is 3.69. The van der Waals surface area contributed by atoms with Crippen LogP contribution in [0.15, 0.2) is 72.8 Å². The summed E-state index contributed by atoms with van der Waals surface area (Å²) < 4.78 is 5.56. The Balaban J connectivity index is 1.36. The summed E-state index contributed by atoms with van der Waals surface area (Å²) >= 11 is 0. The van der Waals surface area contributed by atoms with Crippen molar-refractivity contribution < 1.29 is 24.2 Å². The van der Waals surface area contributed by atoms with E-state index in [9.17, 15) is 19.5 Å². The number of amides is 2. The summed E-state index contributed by atoms with van der Waals surface area (Å²) in [5, 5.41) is 11.9. The molecular weight excluding hydrogens is 444 g/mol. The van der Waals surface area contributed by atoms with Crippen LogP contribution in [0.2, 0.25) is 0 Å². The summed E-state index contributed by atoms with van der Waals surface area (Å²) in [5.41, 5.74) is 4.17. The van der Waals surface area contributed by atoms with E-state index in [0.717, 1.165) is 22.3 Å². The van der Waals surface area contributed by atoms with Crippen LogP contribution in [0, 0.1) is 5.41 Å². The number of aromatic carboxylic acids is 1. The van der Waals surface area contributed by atoms with Gasteiger partial charge in [-0.15, -0.1) is 0 Å². The average Bonchev–Trinajstić information content (AvgIpc) is 3.19. The third-order valence-corrected chi connectivity index (χ3v) is 6.38. The molecule has 180 valence electrons. The van der Waals surface area contributed by atoms with E-state index in [2.05, 4.69) is 29.6 Å².